The Kier molecular flexibility index (Phi) is 6.80. The third kappa shape index (κ3) is 4.71. The summed E-state index contributed by atoms with van der Waals surface area (Å²) in [7, 11) is 0. The SMILES string of the molecule is c1ccc2sc3ccc(N(c4ccccc4)c4ccc5sc6c7ccccc7c(N(c7ccccc7)c7ccccc7)cc6c5c4)cc3c2c#1. The number of hydrogen-bond acceptors (Lipinski definition) is 4. The van der Waals surface area contributed by atoms with Crippen molar-refractivity contribution in [2.45, 2.75) is 0 Å². The first kappa shape index (κ1) is 28.9. The topological polar surface area (TPSA) is 6.48 Å². The molecule has 10 aromatic rings. The Bertz CT molecular complexity index is 2780. The highest BCUT2D eigenvalue weighted by Gasteiger charge is 2.21. The Balaban J connectivity index is 1.22. The van der Waals surface area contributed by atoms with E-state index in [1.807, 2.05) is 17.4 Å². The molecule has 8 aromatic carbocycles. The summed E-state index contributed by atoms with van der Waals surface area (Å²) in [6, 6.07) is 67.7. The van der Waals surface area contributed by atoms with Crippen LogP contribution in [0.3, 0.4) is 0 Å². The van der Waals surface area contributed by atoms with Gasteiger partial charge in [0.05, 0.1) is 11.1 Å². The van der Waals surface area contributed by atoms with Crippen LogP contribution < -0.4 is 9.80 Å². The van der Waals surface area contributed by atoms with Crippen molar-refractivity contribution in [2.24, 2.45) is 0 Å². The van der Waals surface area contributed by atoms with Gasteiger partial charge < -0.3 is 9.80 Å². The number of fused-ring (bicyclic) bond motifs is 8. The van der Waals surface area contributed by atoms with Gasteiger partial charge in [-0.25, -0.2) is 0 Å². The molecule has 0 bridgehead atoms. The van der Waals surface area contributed by atoms with Crippen molar-refractivity contribution in [1.82, 2.24) is 0 Å². The Morgan fingerprint density at radius 1 is 0.380 bits per heavy atom. The Labute approximate surface area is 298 Å². The predicted octanol–water partition coefficient (Wildman–Crippen LogP) is 14.1. The van der Waals surface area contributed by atoms with E-state index in [1.165, 1.54) is 51.4 Å². The minimum atomic E-state index is 1.12. The average molecular weight is 673 g/mol. The van der Waals surface area contributed by atoms with Gasteiger partial charge in [0.1, 0.15) is 0 Å². The van der Waals surface area contributed by atoms with Crippen LogP contribution in [0.5, 0.6) is 0 Å². The smallest absolute Gasteiger partial charge is 0.0547 e. The quantitative estimate of drug-likeness (QED) is 0.173. The minimum Gasteiger partial charge on any atom is -0.310 e. The zero-order valence-electron chi connectivity index (χ0n) is 26.9. The molecule has 0 N–H and O–H groups in total. The first-order chi connectivity index (χ1) is 24.8. The first-order valence-electron chi connectivity index (χ1n) is 16.7. The molecule has 2 nitrogen and oxygen atoms in total. The summed E-state index contributed by atoms with van der Waals surface area (Å²) in [6.45, 7) is 0. The molecule has 0 aliphatic heterocycles. The number of para-hydroxylation sites is 3. The number of thiophene rings is 2. The van der Waals surface area contributed by atoms with Crippen molar-refractivity contribution in [3.63, 3.8) is 0 Å². The van der Waals surface area contributed by atoms with Crippen molar-refractivity contribution in [2.75, 3.05) is 9.80 Å². The van der Waals surface area contributed by atoms with Crippen LogP contribution >= 0.6 is 22.7 Å². The minimum absolute atomic E-state index is 1.12. The molecule has 0 fully saturated rings. The lowest BCUT2D eigenvalue weighted by Gasteiger charge is -2.27. The maximum Gasteiger partial charge on any atom is 0.0547 e. The summed E-state index contributed by atoms with van der Waals surface area (Å²) in [4.78, 5) is 4.76. The highest BCUT2D eigenvalue weighted by molar-refractivity contribution is 7.26. The summed E-state index contributed by atoms with van der Waals surface area (Å²) in [5.74, 6) is 0. The molecule has 0 amide bonds. The standard InChI is InChI=1S/C46H28N2S2/c1-4-14-31(15-5-1)47(34-24-26-44-39(28-34)37-21-12-13-23-43(37)49-44)35-25-27-45-40(29-35)41-30-42(36-20-10-11-22-38(36)46(41)50-45)48(32-16-6-2-7-17-32)33-18-8-3-9-19-33/h1-11,13-20,22-30H. The van der Waals surface area contributed by atoms with E-state index in [4.69, 9.17) is 0 Å². The van der Waals surface area contributed by atoms with Gasteiger partial charge in [-0.05, 0) is 91.0 Å². The molecule has 234 valence electrons. The van der Waals surface area contributed by atoms with Gasteiger partial charge in [-0.1, -0.05) is 91.0 Å². The third-order valence-corrected chi connectivity index (χ3v) is 11.8. The number of benzene rings is 7. The van der Waals surface area contributed by atoms with Gasteiger partial charge in [-0.15, -0.1) is 22.7 Å². The van der Waals surface area contributed by atoms with E-state index in [9.17, 15) is 0 Å². The predicted molar refractivity (Wildman–Crippen MR) is 217 cm³/mol. The molecule has 0 radical (unpaired) electrons. The van der Waals surface area contributed by atoms with Gasteiger partial charge in [0.2, 0.25) is 0 Å². The van der Waals surface area contributed by atoms with E-state index in [1.54, 1.807) is 11.3 Å². The largest absolute Gasteiger partial charge is 0.310 e. The average Bonchev–Trinajstić information content (AvgIpc) is 3.74. The molecule has 0 saturated heterocycles. The maximum absolute atomic E-state index is 3.38. The van der Waals surface area contributed by atoms with E-state index >= 15 is 0 Å². The van der Waals surface area contributed by atoms with Gasteiger partial charge in [0.25, 0.3) is 0 Å². The van der Waals surface area contributed by atoms with Crippen LogP contribution in [0.15, 0.2) is 170 Å². The molecule has 0 saturated carbocycles. The molecule has 2 heterocycles. The van der Waals surface area contributed by atoms with Gasteiger partial charge in [0.15, 0.2) is 0 Å². The monoisotopic (exact) mass is 672 g/mol. The van der Waals surface area contributed by atoms with Crippen molar-refractivity contribution in [3.05, 3.63) is 182 Å². The van der Waals surface area contributed by atoms with Crippen LogP contribution in [0, 0.1) is 12.1 Å². The van der Waals surface area contributed by atoms with E-state index in [0.717, 1.165) is 33.8 Å². The van der Waals surface area contributed by atoms with Gasteiger partial charge in [-0.2, -0.15) is 0 Å². The fraction of sp³-hybridized carbons (Fsp3) is 0. The summed E-state index contributed by atoms with van der Waals surface area (Å²) < 4.78 is 5.07. The number of anilines is 6. The maximum atomic E-state index is 3.38. The second-order valence-electron chi connectivity index (χ2n) is 12.4. The molecular weight excluding hydrogens is 645 g/mol. The molecule has 2 aromatic heterocycles. The lowest BCUT2D eigenvalue weighted by Crippen LogP contribution is -2.10. The Morgan fingerprint density at radius 2 is 0.940 bits per heavy atom. The van der Waals surface area contributed by atoms with Crippen LogP contribution in [-0.4, -0.2) is 0 Å². The van der Waals surface area contributed by atoms with E-state index in [-0.39, 0.29) is 0 Å². The molecule has 0 spiro atoms. The molecule has 0 aliphatic rings. The van der Waals surface area contributed by atoms with Crippen LogP contribution in [0.4, 0.5) is 34.1 Å². The summed E-state index contributed by atoms with van der Waals surface area (Å²) in [5, 5.41) is 7.34. The molecule has 10 rings (SSSR count). The lowest BCUT2D eigenvalue weighted by molar-refractivity contribution is 1.30. The van der Waals surface area contributed by atoms with Crippen LogP contribution in [0.2, 0.25) is 0 Å². The number of rotatable bonds is 6. The normalized spacial score (nSPS) is 11.4. The van der Waals surface area contributed by atoms with E-state index in [2.05, 4.69) is 186 Å². The van der Waals surface area contributed by atoms with Crippen LogP contribution in [0.1, 0.15) is 0 Å². The van der Waals surface area contributed by atoms with Crippen LogP contribution in [-0.2, 0) is 0 Å². The van der Waals surface area contributed by atoms with Gasteiger partial charge >= 0.3 is 0 Å². The Morgan fingerprint density at radius 3 is 1.60 bits per heavy atom. The van der Waals surface area contributed by atoms with Crippen molar-refractivity contribution in [3.8, 4) is 0 Å². The summed E-state index contributed by atoms with van der Waals surface area (Å²) >= 11 is 3.68. The van der Waals surface area contributed by atoms with Crippen molar-refractivity contribution in [1.29, 1.82) is 0 Å². The zero-order valence-corrected chi connectivity index (χ0v) is 28.5. The summed E-state index contributed by atoms with van der Waals surface area (Å²) in [6.07, 6.45) is 0. The van der Waals surface area contributed by atoms with Crippen molar-refractivity contribution >= 4 is 108 Å². The van der Waals surface area contributed by atoms with E-state index in [0.29, 0.717) is 0 Å². The molecular formula is C46H28N2S2. The highest BCUT2D eigenvalue weighted by Crippen LogP contribution is 2.48. The third-order valence-electron chi connectivity index (χ3n) is 9.45. The number of nitrogens with zero attached hydrogens (tertiary/aromatic N) is 2. The fourth-order valence-corrected chi connectivity index (χ4v) is 9.46. The second kappa shape index (κ2) is 11.8. The highest BCUT2D eigenvalue weighted by atomic mass is 32.1. The molecule has 0 unspecified atom stereocenters. The molecule has 50 heavy (non-hydrogen) atoms. The van der Waals surface area contributed by atoms with Gasteiger partial charge in [0, 0.05) is 74.2 Å². The molecule has 0 aliphatic carbocycles. The molecule has 4 heteroatoms. The lowest BCUT2D eigenvalue weighted by atomic mass is 10.0. The van der Waals surface area contributed by atoms with E-state index < -0.39 is 0 Å². The Hall–Kier alpha value is -6.12. The van der Waals surface area contributed by atoms with Crippen molar-refractivity contribution < 1.29 is 0 Å². The number of hydrogen-bond donors (Lipinski definition) is 0. The summed E-state index contributed by atoms with van der Waals surface area (Å²) in [5.41, 5.74) is 6.78. The zero-order chi connectivity index (χ0) is 33.0. The second-order valence-corrected chi connectivity index (χ2v) is 14.5. The van der Waals surface area contributed by atoms with Gasteiger partial charge in [-0.3, -0.25) is 0 Å². The molecule has 0 atom stereocenters. The van der Waals surface area contributed by atoms with Crippen LogP contribution in [0.25, 0.3) is 51.1 Å². The first-order valence-corrected chi connectivity index (χ1v) is 18.3. The fourth-order valence-electron chi connectivity index (χ4n) is 7.22.